The Bertz CT molecular complexity index is 698. The van der Waals surface area contributed by atoms with Crippen molar-refractivity contribution in [3.05, 3.63) is 71.0 Å². The van der Waals surface area contributed by atoms with Crippen LogP contribution >= 0.6 is 0 Å². The van der Waals surface area contributed by atoms with E-state index in [1.54, 1.807) is 6.26 Å². The van der Waals surface area contributed by atoms with Crippen molar-refractivity contribution in [1.29, 1.82) is 0 Å². The van der Waals surface area contributed by atoms with Crippen LogP contribution < -0.4 is 4.74 Å². The maximum absolute atomic E-state index is 10.9. The average molecular weight is 310 g/mol. The van der Waals surface area contributed by atoms with Gasteiger partial charge in [0.15, 0.2) is 0 Å². The van der Waals surface area contributed by atoms with Gasteiger partial charge in [0, 0.05) is 18.5 Å². The van der Waals surface area contributed by atoms with E-state index in [1.165, 1.54) is 5.56 Å². The summed E-state index contributed by atoms with van der Waals surface area (Å²) in [5, 5.41) is 10.9. The van der Waals surface area contributed by atoms with Crippen molar-refractivity contribution in [1.82, 2.24) is 0 Å². The molecule has 1 aliphatic heterocycles. The first-order valence-corrected chi connectivity index (χ1v) is 8.55. The number of aliphatic hydroxyl groups excluding tert-OH is 1. The lowest BCUT2D eigenvalue weighted by atomic mass is 9.82. The number of allylic oxidation sites excluding steroid dienone is 5. The molecule has 2 aliphatic carbocycles. The number of hydrogen-bond acceptors (Lipinski definition) is 2. The van der Waals surface area contributed by atoms with E-state index in [9.17, 15) is 5.11 Å². The fourth-order valence-corrected chi connectivity index (χ4v) is 3.38. The molecule has 2 heteroatoms. The van der Waals surface area contributed by atoms with Crippen molar-refractivity contribution >= 4 is 6.08 Å². The Morgan fingerprint density at radius 2 is 2.04 bits per heavy atom. The van der Waals surface area contributed by atoms with Crippen molar-refractivity contribution in [2.75, 3.05) is 0 Å². The molecule has 122 valence electrons. The highest BCUT2D eigenvalue weighted by atomic mass is 16.5. The van der Waals surface area contributed by atoms with Crippen LogP contribution in [-0.4, -0.2) is 5.11 Å². The van der Waals surface area contributed by atoms with Crippen LogP contribution in [0.15, 0.2) is 54.3 Å². The van der Waals surface area contributed by atoms with Gasteiger partial charge < -0.3 is 9.84 Å². The molecule has 0 saturated heterocycles. The third kappa shape index (κ3) is 2.91. The molecule has 0 fully saturated rings. The van der Waals surface area contributed by atoms with E-state index in [2.05, 4.69) is 30.4 Å². The number of hydrogen-bond donors (Lipinski definition) is 1. The Morgan fingerprint density at radius 3 is 2.83 bits per heavy atom. The molecule has 1 heterocycles. The van der Waals surface area contributed by atoms with Gasteiger partial charge in [-0.2, -0.15) is 0 Å². The second-order valence-electron chi connectivity index (χ2n) is 5.78. The van der Waals surface area contributed by atoms with Gasteiger partial charge >= 0.3 is 0 Å². The van der Waals surface area contributed by atoms with Crippen LogP contribution in [0.5, 0.6) is 5.75 Å². The number of benzene rings is 1. The maximum Gasteiger partial charge on any atom is 0.133 e. The van der Waals surface area contributed by atoms with E-state index < -0.39 is 6.10 Å². The molecule has 0 bridgehead atoms. The Balaban J connectivity index is 0.000000670. The Hall–Kier alpha value is -2.06. The van der Waals surface area contributed by atoms with E-state index in [4.69, 9.17) is 4.74 Å². The normalized spacial score (nSPS) is 23.9. The fourth-order valence-electron chi connectivity index (χ4n) is 3.38. The summed E-state index contributed by atoms with van der Waals surface area (Å²) in [4.78, 5) is 0. The second-order valence-corrected chi connectivity index (χ2v) is 5.78. The van der Waals surface area contributed by atoms with Gasteiger partial charge in [-0.15, -0.1) is 0 Å². The summed E-state index contributed by atoms with van der Waals surface area (Å²) in [6, 6.07) is 4.10. The molecule has 3 aliphatic rings. The van der Waals surface area contributed by atoms with Gasteiger partial charge in [-0.25, -0.2) is 0 Å². The summed E-state index contributed by atoms with van der Waals surface area (Å²) in [5.74, 6) is 1.01. The van der Waals surface area contributed by atoms with Crippen LogP contribution in [-0.2, 0) is 6.42 Å². The average Bonchev–Trinajstić information content (AvgIpc) is 2.64. The van der Waals surface area contributed by atoms with E-state index in [-0.39, 0.29) is 7.34 Å². The van der Waals surface area contributed by atoms with Crippen molar-refractivity contribution in [3.8, 4) is 5.75 Å². The first kappa shape index (κ1) is 15.8. The molecule has 0 saturated carbocycles. The standard InChI is InChI=1S/C19H18O2.C2H6.H2/c20-19-16(13-6-2-1-3-7-13)12-21-17-11-10-14-8-4-5-9-15(14)18(17)19;1-2;/h1-3,5-6,9-13,19-20H,4,7-8H2;1-2H3;1H. The number of fused-ring (bicyclic) bond motifs is 3. The monoisotopic (exact) mass is 310 g/mol. The van der Waals surface area contributed by atoms with Crippen LogP contribution in [0.4, 0.5) is 0 Å². The van der Waals surface area contributed by atoms with E-state index in [1.807, 2.05) is 32.1 Å². The summed E-state index contributed by atoms with van der Waals surface area (Å²) >= 11 is 0. The number of aliphatic hydroxyl groups is 1. The molecule has 1 N–H and O–H groups in total. The van der Waals surface area contributed by atoms with Crippen molar-refractivity contribution < 1.29 is 11.3 Å². The number of ether oxygens (including phenoxy) is 1. The molecule has 2 nitrogen and oxygen atoms in total. The van der Waals surface area contributed by atoms with E-state index >= 15 is 0 Å². The lowest BCUT2D eigenvalue weighted by molar-refractivity contribution is 0.187. The van der Waals surface area contributed by atoms with Gasteiger partial charge in [0.25, 0.3) is 0 Å². The molecule has 2 atom stereocenters. The quantitative estimate of drug-likeness (QED) is 0.756. The van der Waals surface area contributed by atoms with Gasteiger partial charge in [0.05, 0.1) is 6.26 Å². The first-order valence-electron chi connectivity index (χ1n) is 8.55. The largest absolute Gasteiger partial charge is 0.464 e. The van der Waals surface area contributed by atoms with Gasteiger partial charge in [-0.1, -0.05) is 56.4 Å². The van der Waals surface area contributed by atoms with Crippen LogP contribution in [0.3, 0.4) is 0 Å². The van der Waals surface area contributed by atoms with Gasteiger partial charge in [0.2, 0.25) is 0 Å². The van der Waals surface area contributed by atoms with Crippen LogP contribution in [0.25, 0.3) is 6.08 Å². The summed E-state index contributed by atoms with van der Waals surface area (Å²) in [5.41, 5.74) is 4.34. The molecular formula is C21H26O2. The van der Waals surface area contributed by atoms with E-state index in [0.717, 1.165) is 41.7 Å². The lowest BCUT2D eigenvalue weighted by Crippen LogP contribution is -2.18. The minimum Gasteiger partial charge on any atom is -0.464 e. The van der Waals surface area contributed by atoms with Crippen molar-refractivity contribution in [2.24, 2.45) is 5.92 Å². The minimum absolute atomic E-state index is 0. The Morgan fingerprint density at radius 1 is 1.17 bits per heavy atom. The molecule has 2 unspecified atom stereocenters. The third-order valence-electron chi connectivity index (χ3n) is 4.52. The van der Waals surface area contributed by atoms with Crippen LogP contribution in [0.2, 0.25) is 0 Å². The SMILES string of the molecule is CC.OC1C(C2C=CC=CC2)=COc2ccc3c(c21)C=CCC3.[HH]. The highest BCUT2D eigenvalue weighted by Crippen LogP contribution is 2.43. The fraction of sp³-hybridized carbons (Fsp3) is 0.333. The summed E-state index contributed by atoms with van der Waals surface area (Å²) in [6.45, 7) is 4.00. The minimum atomic E-state index is -0.576. The molecule has 0 spiro atoms. The maximum atomic E-state index is 10.9. The topological polar surface area (TPSA) is 29.5 Å². The second kappa shape index (κ2) is 7.01. The predicted octanol–water partition coefficient (Wildman–Crippen LogP) is 5.36. The van der Waals surface area contributed by atoms with E-state index in [0.29, 0.717) is 0 Å². The summed E-state index contributed by atoms with van der Waals surface area (Å²) < 4.78 is 5.81. The molecule has 23 heavy (non-hydrogen) atoms. The van der Waals surface area contributed by atoms with Crippen molar-refractivity contribution in [2.45, 2.75) is 39.2 Å². The number of aryl methyl sites for hydroxylation is 1. The van der Waals surface area contributed by atoms with Crippen molar-refractivity contribution in [3.63, 3.8) is 0 Å². The zero-order valence-electron chi connectivity index (χ0n) is 13.8. The molecular weight excluding hydrogens is 284 g/mol. The zero-order valence-corrected chi connectivity index (χ0v) is 13.8. The molecule has 0 radical (unpaired) electrons. The highest BCUT2D eigenvalue weighted by Gasteiger charge is 2.30. The molecule has 1 aromatic carbocycles. The highest BCUT2D eigenvalue weighted by molar-refractivity contribution is 5.66. The molecule has 4 rings (SSSR count). The summed E-state index contributed by atoms with van der Waals surface area (Å²) in [7, 11) is 0. The Kier molecular flexibility index (Phi) is 4.82. The first-order chi connectivity index (χ1) is 11.3. The third-order valence-corrected chi connectivity index (χ3v) is 4.52. The van der Waals surface area contributed by atoms with Crippen LogP contribution in [0, 0.1) is 5.92 Å². The van der Waals surface area contributed by atoms with Gasteiger partial charge in [-0.05, 0) is 36.5 Å². The lowest BCUT2D eigenvalue weighted by Gasteiger charge is -2.30. The zero-order chi connectivity index (χ0) is 16.2. The molecule has 0 aromatic heterocycles. The molecule has 1 aromatic rings. The number of rotatable bonds is 1. The molecule has 0 amide bonds. The van der Waals surface area contributed by atoms with Gasteiger partial charge in [0.1, 0.15) is 11.9 Å². The smallest absolute Gasteiger partial charge is 0.133 e. The Labute approximate surface area is 140 Å². The van der Waals surface area contributed by atoms with Gasteiger partial charge in [-0.3, -0.25) is 0 Å². The summed E-state index contributed by atoms with van der Waals surface area (Å²) in [6.07, 6.45) is 16.8. The van der Waals surface area contributed by atoms with Crippen LogP contribution in [0.1, 0.15) is 50.9 Å². The predicted molar refractivity (Wildman–Crippen MR) is 97.3 cm³/mol.